The van der Waals surface area contributed by atoms with Crippen LogP contribution >= 0.6 is 0 Å². The molecule has 1 aromatic heterocycles. The van der Waals surface area contributed by atoms with E-state index in [2.05, 4.69) is 9.82 Å². The Morgan fingerprint density at radius 1 is 1.40 bits per heavy atom. The van der Waals surface area contributed by atoms with Crippen LogP contribution in [0.1, 0.15) is 11.1 Å². The van der Waals surface area contributed by atoms with E-state index in [9.17, 15) is 12.8 Å². The zero-order valence-electron chi connectivity index (χ0n) is 11.3. The first-order chi connectivity index (χ1) is 9.22. The summed E-state index contributed by atoms with van der Waals surface area (Å²) in [4.78, 5) is -0.0137. The van der Waals surface area contributed by atoms with Crippen LogP contribution in [0.15, 0.2) is 23.4 Å². The number of aromatic nitrogens is 2. The second-order valence-electron chi connectivity index (χ2n) is 4.55. The van der Waals surface area contributed by atoms with E-state index in [1.54, 1.807) is 7.05 Å². The molecule has 0 saturated carbocycles. The molecule has 0 bridgehead atoms. The van der Waals surface area contributed by atoms with Crippen molar-refractivity contribution in [2.24, 2.45) is 7.05 Å². The Labute approximate surface area is 116 Å². The highest BCUT2D eigenvalue weighted by Crippen LogP contribution is 2.28. The summed E-state index contributed by atoms with van der Waals surface area (Å²) >= 11 is 0. The molecule has 0 fully saturated rings. The highest BCUT2D eigenvalue weighted by atomic mass is 32.2. The molecule has 1 heterocycles. The molecular weight excluding hydrogens is 283 g/mol. The molecule has 6 nitrogen and oxygen atoms in total. The third-order valence-corrected chi connectivity index (χ3v) is 4.60. The first kappa shape index (κ1) is 14.3. The molecule has 0 spiro atoms. The molecular formula is C12H15FN4O2S. The van der Waals surface area contributed by atoms with Crippen molar-refractivity contribution < 1.29 is 12.8 Å². The Kier molecular flexibility index (Phi) is 3.43. The topological polar surface area (TPSA) is 90.0 Å². The van der Waals surface area contributed by atoms with Crippen LogP contribution in [0.5, 0.6) is 0 Å². The fraction of sp³-hybridized carbons (Fsp3) is 0.250. The van der Waals surface area contributed by atoms with Crippen molar-refractivity contribution in [3.8, 4) is 0 Å². The number of hydrogen-bond acceptors (Lipinski definition) is 4. The predicted octanol–water partition coefficient (Wildman–Crippen LogP) is 1.56. The van der Waals surface area contributed by atoms with Crippen molar-refractivity contribution in [1.29, 1.82) is 0 Å². The Morgan fingerprint density at radius 2 is 2.05 bits per heavy atom. The quantitative estimate of drug-likeness (QED) is 0.841. The number of anilines is 2. The van der Waals surface area contributed by atoms with Crippen molar-refractivity contribution in [3.63, 3.8) is 0 Å². The largest absolute Gasteiger partial charge is 0.396 e. The molecule has 0 aliphatic rings. The molecule has 0 aliphatic carbocycles. The van der Waals surface area contributed by atoms with Gasteiger partial charge in [-0.15, -0.1) is 0 Å². The van der Waals surface area contributed by atoms with Gasteiger partial charge in [0.1, 0.15) is 5.82 Å². The predicted molar refractivity (Wildman–Crippen MR) is 74.3 cm³/mol. The highest BCUT2D eigenvalue weighted by Gasteiger charge is 2.23. The van der Waals surface area contributed by atoms with E-state index in [-0.39, 0.29) is 16.1 Å². The minimum atomic E-state index is -3.85. The van der Waals surface area contributed by atoms with Gasteiger partial charge in [0, 0.05) is 13.2 Å². The summed E-state index contributed by atoms with van der Waals surface area (Å²) in [6, 6.07) is 1.11. The van der Waals surface area contributed by atoms with Crippen LogP contribution in [-0.4, -0.2) is 18.2 Å². The number of nitrogens with one attached hydrogen (secondary N) is 1. The lowest BCUT2D eigenvalue weighted by Gasteiger charge is -2.14. The van der Waals surface area contributed by atoms with E-state index < -0.39 is 15.8 Å². The Bertz CT molecular complexity index is 768. The van der Waals surface area contributed by atoms with Crippen molar-refractivity contribution in [2.75, 3.05) is 10.5 Å². The number of nitrogens with zero attached hydrogens (tertiary/aromatic N) is 2. The summed E-state index contributed by atoms with van der Waals surface area (Å²) in [6.07, 6.45) is 2.91. The summed E-state index contributed by atoms with van der Waals surface area (Å²) < 4.78 is 42.1. The number of halogens is 1. The molecule has 0 saturated heterocycles. The summed E-state index contributed by atoms with van der Waals surface area (Å²) in [5.41, 5.74) is 6.22. The monoisotopic (exact) mass is 298 g/mol. The van der Waals surface area contributed by atoms with Gasteiger partial charge in [-0.1, -0.05) is 0 Å². The maximum absolute atomic E-state index is 13.5. The molecule has 108 valence electrons. The molecule has 0 aliphatic heterocycles. The third-order valence-electron chi connectivity index (χ3n) is 2.93. The van der Waals surface area contributed by atoms with Gasteiger partial charge in [0.25, 0.3) is 10.0 Å². The number of nitrogen functional groups attached to an aromatic ring is 1. The minimum Gasteiger partial charge on any atom is -0.396 e. The van der Waals surface area contributed by atoms with Gasteiger partial charge in [-0.2, -0.15) is 5.10 Å². The van der Waals surface area contributed by atoms with Gasteiger partial charge in [0.2, 0.25) is 0 Å². The van der Waals surface area contributed by atoms with Crippen LogP contribution in [-0.2, 0) is 17.1 Å². The van der Waals surface area contributed by atoms with Crippen molar-refractivity contribution >= 4 is 21.4 Å². The SMILES string of the molecule is Cc1cc(F)c(N)c(C)c1S(=O)(=O)Nc1cnn(C)c1. The van der Waals surface area contributed by atoms with Gasteiger partial charge >= 0.3 is 0 Å². The molecule has 2 rings (SSSR count). The molecule has 3 N–H and O–H groups in total. The van der Waals surface area contributed by atoms with Gasteiger partial charge in [0.05, 0.1) is 22.5 Å². The van der Waals surface area contributed by atoms with Gasteiger partial charge < -0.3 is 5.73 Å². The van der Waals surface area contributed by atoms with Crippen LogP contribution in [0.25, 0.3) is 0 Å². The number of benzene rings is 1. The standard InChI is InChI=1S/C12H15FN4O2S/c1-7-4-10(13)11(14)8(2)12(7)20(18,19)16-9-5-15-17(3)6-9/h4-6,16H,14H2,1-3H3. The first-order valence-electron chi connectivity index (χ1n) is 5.79. The Hall–Kier alpha value is -2.09. The van der Waals surface area contributed by atoms with Crippen LogP contribution in [0, 0.1) is 19.7 Å². The summed E-state index contributed by atoms with van der Waals surface area (Å²) in [6.45, 7) is 3.00. The number of rotatable bonds is 3. The third kappa shape index (κ3) is 2.46. The highest BCUT2D eigenvalue weighted by molar-refractivity contribution is 7.92. The van der Waals surface area contributed by atoms with Gasteiger partial charge in [-0.05, 0) is 31.0 Å². The fourth-order valence-electron chi connectivity index (χ4n) is 2.02. The zero-order valence-corrected chi connectivity index (χ0v) is 12.1. The Balaban J connectivity index is 2.52. The van der Waals surface area contributed by atoms with E-state index in [1.165, 1.54) is 30.9 Å². The van der Waals surface area contributed by atoms with E-state index in [4.69, 9.17) is 5.73 Å². The van der Waals surface area contributed by atoms with Gasteiger partial charge in [-0.25, -0.2) is 12.8 Å². The van der Waals surface area contributed by atoms with E-state index in [0.717, 1.165) is 6.07 Å². The summed E-state index contributed by atoms with van der Waals surface area (Å²) in [5, 5.41) is 3.88. The van der Waals surface area contributed by atoms with Crippen LogP contribution in [0.2, 0.25) is 0 Å². The molecule has 1 aromatic carbocycles. The average Bonchev–Trinajstić information content (AvgIpc) is 2.70. The van der Waals surface area contributed by atoms with E-state index in [1.807, 2.05) is 0 Å². The van der Waals surface area contributed by atoms with Gasteiger partial charge in [-0.3, -0.25) is 9.40 Å². The number of hydrogen-bond donors (Lipinski definition) is 2. The van der Waals surface area contributed by atoms with Crippen molar-refractivity contribution in [2.45, 2.75) is 18.7 Å². The number of nitrogens with two attached hydrogens (primary N) is 1. The zero-order chi connectivity index (χ0) is 15.1. The summed E-state index contributed by atoms with van der Waals surface area (Å²) in [5.74, 6) is -0.625. The Morgan fingerprint density at radius 3 is 2.60 bits per heavy atom. The fourth-order valence-corrected chi connectivity index (χ4v) is 3.54. The second kappa shape index (κ2) is 4.78. The van der Waals surface area contributed by atoms with Crippen LogP contribution in [0.4, 0.5) is 15.8 Å². The normalized spacial score (nSPS) is 11.6. The van der Waals surface area contributed by atoms with Crippen LogP contribution < -0.4 is 10.5 Å². The van der Waals surface area contributed by atoms with E-state index >= 15 is 0 Å². The number of sulfonamides is 1. The lowest BCUT2D eigenvalue weighted by Crippen LogP contribution is -2.17. The minimum absolute atomic E-state index is 0.0137. The first-order valence-corrected chi connectivity index (χ1v) is 7.27. The van der Waals surface area contributed by atoms with Gasteiger partial charge in [0.15, 0.2) is 0 Å². The molecule has 20 heavy (non-hydrogen) atoms. The smallest absolute Gasteiger partial charge is 0.262 e. The molecule has 0 amide bonds. The molecule has 0 radical (unpaired) electrons. The molecule has 0 atom stereocenters. The van der Waals surface area contributed by atoms with Crippen molar-refractivity contribution in [1.82, 2.24) is 9.78 Å². The van der Waals surface area contributed by atoms with Crippen molar-refractivity contribution in [3.05, 3.63) is 35.4 Å². The van der Waals surface area contributed by atoms with Crippen LogP contribution in [0.3, 0.4) is 0 Å². The average molecular weight is 298 g/mol. The number of aryl methyl sites for hydroxylation is 2. The molecule has 0 unspecified atom stereocenters. The molecule has 8 heteroatoms. The lowest BCUT2D eigenvalue weighted by molar-refractivity contribution is 0.598. The van der Waals surface area contributed by atoms with E-state index in [0.29, 0.717) is 11.3 Å². The lowest BCUT2D eigenvalue weighted by atomic mass is 10.1. The summed E-state index contributed by atoms with van der Waals surface area (Å²) in [7, 11) is -2.18. The molecule has 2 aromatic rings. The second-order valence-corrected chi connectivity index (χ2v) is 6.17. The maximum Gasteiger partial charge on any atom is 0.262 e. The maximum atomic E-state index is 13.5.